The number of anilines is 1. The third-order valence-electron chi connectivity index (χ3n) is 5.42. The summed E-state index contributed by atoms with van der Waals surface area (Å²) in [5.74, 6) is 0.293. The first-order valence-electron chi connectivity index (χ1n) is 8.46. The third kappa shape index (κ3) is 1.77. The summed E-state index contributed by atoms with van der Waals surface area (Å²) in [6, 6.07) is 10.8. The minimum absolute atomic E-state index is 0.0281. The Bertz CT molecular complexity index is 886. The molecule has 1 N–H and O–H groups in total. The van der Waals surface area contributed by atoms with Crippen molar-refractivity contribution in [2.45, 2.75) is 18.9 Å². The Kier molecular flexibility index (Phi) is 2.91. The highest BCUT2D eigenvalue weighted by Gasteiger charge is 2.38. The van der Waals surface area contributed by atoms with E-state index in [0.717, 1.165) is 37.2 Å². The van der Waals surface area contributed by atoms with E-state index in [1.807, 2.05) is 6.07 Å². The number of hydrogen-bond acceptors (Lipinski definition) is 4. The quantitative estimate of drug-likeness (QED) is 0.690. The normalized spacial score (nSPS) is 24.3. The predicted octanol–water partition coefficient (Wildman–Crippen LogP) is 3.36. The first-order chi connectivity index (χ1) is 11.8. The number of fused-ring (bicyclic) bond motifs is 6. The lowest BCUT2D eigenvalue weighted by Crippen LogP contribution is -2.35. The molecule has 1 fully saturated rings. The van der Waals surface area contributed by atoms with Gasteiger partial charge >= 0.3 is 0 Å². The number of hydrogen-bond donors (Lipinski definition) is 1. The summed E-state index contributed by atoms with van der Waals surface area (Å²) in [6.07, 6.45) is 2.23. The van der Waals surface area contributed by atoms with E-state index in [9.17, 15) is 9.59 Å². The SMILES string of the molecule is O=C1c2ccccc2C(=O)c2c1ccc1c2NC[C@H]2CCCO[C@@H]12. The molecule has 3 aliphatic rings. The molecule has 2 aromatic rings. The molecule has 0 spiro atoms. The molecule has 1 aliphatic carbocycles. The van der Waals surface area contributed by atoms with Crippen LogP contribution in [0.4, 0.5) is 5.69 Å². The van der Waals surface area contributed by atoms with Crippen LogP contribution in [-0.2, 0) is 4.74 Å². The molecule has 0 aromatic heterocycles. The van der Waals surface area contributed by atoms with Crippen molar-refractivity contribution in [2.24, 2.45) is 5.92 Å². The van der Waals surface area contributed by atoms with Gasteiger partial charge in [-0.05, 0) is 18.9 Å². The van der Waals surface area contributed by atoms with Crippen LogP contribution in [0.5, 0.6) is 0 Å². The summed E-state index contributed by atoms with van der Waals surface area (Å²) >= 11 is 0. The minimum Gasteiger partial charge on any atom is -0.384 e. The second-order valence-corrected chi connectivity index (χ2v) is 6.73. The first kappa shape index (κ1) is 13.9. The maximum Gasteiger partial charge on any atom is 0.196 e. The lowest BCUT2D eigenvalue weighted by molar-refractivity contribution is -0.0262. The van der Waals surface area contributed by atoms with Crippen LogP contribution >= 0.6 is 0 Å². The van der Waals surface area contributed by atoms with Crippen molar-refractivity contribution >= 4 is 17.3 Å². The molecule has 4 nitrogen and oxygen atoms in total. The molecular weight excluding hydrogens is 302 g/mol. The zero-order chi connectivity index (χ0) is 16.3. The molecule has 120 valence electrons. The van der Waals surface area contributed by atoms with Crippen molar-refractivity contribution in [1.82, 2.24) is 0 Å². The number of ketones is 2. The Balaban J connectivity index is 1.71. The zero-order valence-corrected chi connectivity index (χ0v) is 13.2. The molecule has 2 aromatic carbocycles. The van der Waals surface area contributed by atoms with E-state index in [1.165, 1.54) is 0 Å². The standard InChI is InChI=1S/C20H17NO3/c22-18-12-5-1-2-6-13(12)19(23)16-14(18)7-8-15-17(16)21-10-11-4-3-9-24-20(11)15/h1-2,5-8,11,20-21H,3-4,9-10H2/t11-,20-/m1/s1. The lowest BCUT2D eigenvalue weighted by Gasteiger charge is -2.39. The fourth-order valence-electron chi connectivity index (χ4n) is 4.26. The highest BCUT2D eigenvalue weighted by molar-refractivity contribution is 6.30. The Morgan fingerprint density at radius 3 is 2.58 bits per heavy atom. The summed E-state index contributed by atoms with van der Waals surface area (Å²) in [6.45, 7) is 1.55. The van der Waals surface area contributed by atoms with Gasteiger partial charge in [-0.2, -0.15) is 0 Å². The van der Waals surface area contributed by atoms with Crippen molar-refractivity contribution in [3.63, 3.8) is 0 Å². The molecule has 0 bridgehead atoms. The van der Waals surface area contributed by atoms with E-state index in [0.29, 0.717) is 28.2 Å². The van der Waals surface area contributed by atoms with Gasteiger partial charge in [-0.25, -0.2) is 0 Å². The molecule has 0 unspecified atom stereocenters. The Morgan fingerprint density at radius 2 is 1.75 bits per heavy atom. The maximum atomic E-state index is 13.1. The van der Waals surface area contributed by atoms with Crippen LogP contribution in [0.3, 0.4) is 0 Å². The number of rotatable bonds is 0. The highest BCUT2D eigenvalue weighted by atomic mass is 16.5. The molecule has 0 amide bonds. The van der Waals surface area contributed by atoms with Crippen LogP contribution < -0.4 is 5.32 Å². The first-order valence-corrected chi connectivity index (χ1v) is 8.46. The summed E-state index contributed by atoms with van der Waals surface area (Å²) in [5, 5.41) is 3.42. The molecular formula is C20H17NO3. The highest BCUT2D eigenvalue weighted by Crippen LogP contribution is 2.44. The largest absolute Gasteiger partial charge is 0.384 e. The lowest BCUT2D eigenvalue weighted by atomic mass is 9.78. The van der Waals surface area contributed by atoms with E-state index >= 15 is 0 Å². The summed E-state index contributed by atoms with van der Waals surface area (Å²) in [7, 11) is 0. The number of carbonyl (C=O) groups is 2. The van der Waals surface area contributed by atoms with Gasteiger partial charge in [-0.3, -0.25) is 9.59 Å². The molecule has 0 radical (unpaired) electrons. The number of carbonyl (C=O) groups excluding carboxylic acids is 2. The minimum atomic E-state index is -0.0727. The molecule has 24 heavy (non-hydrogen) atoms. The van der Waals surface area contributed by atoms with Gasteiger partial charge < -0.3 is 10.1 Å². The van der Waals surface area contributed by atoms with Crippen LogP contribution in [0.25, 0.3) is 0 Å². The van der Waals surface area contributed by atoms with Gasteiger partial charge in [-0.1, -0.05) is 30.3 Å². The fourth-order valence-corrected chi connectivity index (χ4v) is 4.26. The fraction of sp³-hybridized carbons (Fsp3) is 0.300. The summed E-state index contributed by atoms with van der Waals surface area (Å²) < 4.78 is 5.99. The van der Waals surface area contributed by atoms with Crippen molar-refractivity contribution in [2.75, 3.05) is 18.5 Å². The van der Waals surface area contributed by atoms with Crippen molar-refractivity contribution in [3.8, 4) is 0 Å². The van der Waals surface area contributed by atoms with E-state index < -0.39 is 0 Å². The molecule has 1 saturated heterocycles. The van der Waals surface area contributed by atoms with Crippen LogP contribution in [0, 0.1) is 5.92 Å². The van der Waals surface area contributed by atoms with E-state index in [-0.39, 0.29) is 17.7 Å². The van der Waals surface area contributed by atoms with Gasteiger partial charge in [0.15, 0.2) is 11.6 Å². The van der Waals surface area contributed by atoms with Crippen molar-refractivity contribution in [1.29, 1.82) is 0 Å². The summed E-state index contributed by atoms with van der Waals surface area (Å²) in [5.41, 5.74) is 3.83. The molecule has 4 heteroatoms. The second kappa shape index (κ2) is 5.02. The van der Waals surface area contributed by atoms with Gasteiger partial charge in [0, 0.05) is 41.3 Å². The van der Waals surface area contributed by atoms with E-state index in [1.54, 1.807) is 30.3 Å². The van der Waals surface area contributed by atoms with Crippen LogP contribution in [0.15, 0.2) is 36.4 Å². The number of ether oxygens (including phenoxy) is 1. The molecule has 0 saturated carbocycles. The maximum absolute atomic E-state index is 13.1. The van der Waals surface area contributed by atoms with Gasteiger partial charge in [-0.15, -0.1) is 0 Å². The number of nitrogens with one attached hydrogen (secondary N) is 1. The van der Waals surface area contributed by atoms with E-state index in [2.05, 4.69) is 5.32 Å². The topological polar surface area (TPSA) is 55.4 Å². The smallest absolute Gasteiger partial charge is 0.196 e. The van der Waals surface area contributed by atoms with Gasteiger partial charge in [0.2, 0.25) is 0 Å². The average Bonchev–Trinajstić information content (AvgIpc) is 2.65. The van der Waals surface area contributed by atoms with Crippen LogP contribution in [0.1, 0.15) is 56.4 Å². The van der Waals surface area contributed by atoms with Crippen LogP contribution in [0.2, 0.25) is 0 Å². The van der Waals surface area contributed by atoms with Crippen molar-refractivity contribution in [3.05, 3.63) is 64.2 Å². The molecule has 2 heterocycles. The summed E-state index contributed by atoms with van der Waals surface area (Å²) in [4.78, 5) is 25.9. The Hall–Kier alpha value is -2.46. The number of benzene rings is 2. The average molecular weight is 319 g/mol. The Morgan fingerprint density at radius 1 is 0.958 bits per heavy atom. The van der Waals surface area contributed by atoms with E-state index in [4.69, 9.17) is 4.74 Å². The van der Waals surface area contributed by atoms with Gasteiger partial charge in [0.05, 0.1) is 17.4 Å². The second-order valence-electron chi connectivity index (χ2n) is 6.73. The third-order valence-corrected chi connectivity index (χ3v) is 5.42. The van der Waals surface area contributed by atoms with Gasteiger partial charge in [0.25, 0.3) is 0 Å². The van der Waals surface area contributed by atoms with Crippen molar-refractivity contribution < 1.29 is 14.3 Å². The predicted molar refractivity (Wildman–Crippen MR) is 89.7 cm³/mol. The Labute approximate surface area is 139 Å². The molecule has 2 aliphatic heterocycles. The monoisotopic (exact) mass is 319 g/mol. The molecule has 2 atom stereocenters. The van der Waals surface area contributed by atoms with Gasteiger partial charge in [0.1, 0.15) is 0 Å². The van der Waals surface area contributed by atoms with Crippen LogP contribution in [-0.4, -0.2) is 24.7 Å². The molecule has 5 rings (SSSR count). The zero-order valence-electron chi connectivity index (χ0n) is 13.2.